The molecule has 29 heavy (non-hydrogen) atoms. The highest BCUT2D eigenvalue weighted by Gasteiger charge is 2.22. The maximum Gasteiger partial charge on any atom is 0.231 e. The van der Waals surface area contributed by atoms with Crippen molar-refractivity contribution in [3.63, 3.8) is 0 Å². The first-order chi connectivity index (χ1) is 14.2. The van der Waals surface area contributed by atoms with Gasteiger partial charge >= 0.3 is 0 Å². The Kier molecular flexibility index (Phi) is 5.23. The van der Waals surface area contributed by atoms with E-state index in [0.29, 0.717) is 17.3 Å². The van der Waals surface area contributed by atoms with Gasteiger partial charge in [-0.3, -0.25) is 0 Å². The predicted octanol–water partition coefficient (Wildman–Crippen LogP) is 3.44. The standard InChI is InChI=1S/C19H21BrN6O2S/c20-12-6-13-14(28-10-27-13)7-15(12)29-19-25-16-17(21)23-9-24-18(16)26(19)5-3-11-2-1-4-22-8-11/h6-7,9,11,22H,1-5,8,10H2,(H2,21,23,24)/t11-/m0/s1. The van der Waals surface area contributed by atoms with Crippen LogP contribution < -0.4 is 20.5 Å². The van der Waals surface area contributed by atoms with Crippen LogP contribution >= 0.6 is 27.7 Å². The topological polar surface area (TPSA) is 100 Å². The molecule has 3 aromatic rings. The highest BCUT2D eigenvalue weighted by molar-refractivity contribution is 9.10. The first-order valence-corrected chi connectivity index (χ1v) is 11.2. The van der Waals surface area contributed by atoms with Crippen molar-refractivity contribution in [3.05, 3.63) is 22.9 Å². The number of ether oxygens (including phenoxy) is 2. The number of nitrogens with two attached hydrogens (primary N) is 1. The smallest absolute Gasteiger partial charge is 0.231 e. The molecule has 8 nitrogen and oxygen atoms in total. The molecule has 1 atom stereocenters. The number of hydrogen-bond donors (Lipinski definition) is 2. The second-order valence-corrected chi connectivity index (χ2v) is 9.08. The van der Waals surface area contributed by atoms with Crippen LogP contribution in [0.1, 0.15) is 19.3 Å². The molecular weight excluding hydrogens is 456 g/mol. The van der Waals surface area contributed by atoms with Gasteiger partial charge in [0.15, 0.2) is 33.6 Å². The second kappa shape index (κ2) is 8.00. The number of nitrogen functional groups attached to an aromatic ring is 1. The molecular formula is C19H21BrN6O2S. The minimum absolute atomic E-state index is 0.246. The molecule has 2 aliphatic heterocycles. The van der Waals surface area contributed by atoms with E-state index in [0.717, 1.165) is 57.7 Å². The largest absolute Gasteiger partial charge is 0.454 e. The molecule has 0 unspecified atom stereocenters. The van der Waals surface area contributed by atoms with E-state index >= 15 is 0 Å². The molecule has 2 aromatic heterocycles. The summed E-state index contributed by atoms with van der Waals surface area (Å²) in [6, 6.07) is 3.90. The zero-order valence-electron chi connectivity index (χ0n) is 15.7. The fraction of sp³-hybridized carbons (Fsp3) is 0.421. The van der Waals surface area contributed by atoms with Crippen LogP contribution in [0.4, 0.5) is 5.82 Å². The van der Waals surface area contributed by atoms with Crippen molar-refractivity contribution < 1.29 is 9.47 Å². The highest BCUT2D eigenvalue weighted by atomic mass is 79.9. The number of rotatable bonds is 5. The Morgan fingerprint density at radius 2 is 2.14 bits per heavy atom. The third kappa shape index (κ3) is 3.76. The number of anilines is 1. The summed E-state index contributed by atoms with van der Waals surface area (Å²) in [6.45, 7) is 3.27. The number of benzene rings is 1. The summed E-state index contributed by atoms with van der Waals surface area (Å²) in [4.78, 5) is 14.4. The Labute approximate surface area is 180 Å². The molecule has 0 spiro atoms. The average molecular weight is 477 g/mol. The van der Waals surface area contributed by atoms with Gasteiger partial charge < -0.3 is 25.1 Å². The van der Waals surface area contributed by atoms with Gasteiger partial charge in [-0.05, 0) is 66.3 Å². The summed E-state index contributed by atoms with van der Waals surface area (Å²) in [6.07, 6.45) is 5.06. The van der Waals surface area contributed by atoms with Crippen LogP contribution in [0.5, 0.6) is 11.5 Å². The molecule has 4 heterocycles. The molecule has 0 aliphatic carbocycles. The maximum absolute atomic E-state index is 6.08. The molecule has 1 aromatic carbocycles. The van der Waals surface area contributed by atoms with E-state index in [-0.39, 0.29) is 6.79 Å². The van der Waals surface area contributed by atoms with E-state index in [4.69, 9.17) is 20.2 Å². The average Bonchev–Trinajstić information content (AvgIpc) is 3.32. The van der Waals surface area contributed by atoms with Gasteiger partial charge in [0.1, 0.15) is 6.33 Å². The molecule has 3 N–H and O–H groups in total. The van der Waals surface area contributed by atoms with E-state index in [1.54, 1.807) is 11.8 Å². The summed E-state index contributed by atoms with van der Waals surface area (Å²) < 4.78 is 14.1. The Hall–Kier alpha value is -2.04. The van der Waals surface area contributed by atoms with Gasteiger partial charge in [-0.1, -0.05) is 11.8 Å². The van der Waals surface area contributed by atoms with Crippen molar-refractivity contribution in [1.82, 2.24) is 24.8 Å². The normalized spacial score (nSPS) is 18.4. The fourth-order valence-electron chi connectivity index (χ4n) is 3.77. The van der Waals surface area contributed by atoms with Crippen molar-refractivity contribution in [2.45, 2.75) is 35.9 Å². The summed E-state index contributed by atoms with van der Waals surface area (Å²) in [5.74, 6) is 2.55. The van der Waals surface area contributed by atoms with Gasteiger partial charge in [-0.2, -0.15) is 0 Å². The predicted molar refractivity (Wildman–Crippen MR) is 114 cm³/mol. The minimum atomic E-state index is 0.246. The van der Waals surface area contributed by atoms with Crippen LogP contribution in [-0.2, 0) is 6.54 Å². The Morgan fingerprint density at radius 1 is 1.28 bits per heavy atom. The summed E-state index contributed by atoms with van der Waals surface area (Å²) in [7, 11) is 0. The molecule has 1 fully saturated rings. The lowest BCUT2D eigenvalue weighted by molar-refractivity contribution is 0.174. The Morgan fingerprint density at radius 3 is 2.97 bits per heavy atom. The number of nitrogens with zero attached hydrogens (tertiary/aromatic N) is 4. The number of nitrogens with one attached hydrogen (secondary N) is 1. The monoisotopic (exact) mass is 476 g/mol. The Bertz CT molecular complexity index is 1050. The lowest BCUT2D eigenvalue weighted by atomic mass is 9.96. The van der Waals surface area contributed by atoms with Gasteiger partial charge in [-0.15, -0.1) is 0 Å². The fourth-order valence-corrected chi connectivity index (χ4v) is 5.28. The quantitative estimate of drug-likeness (QED) is 0.577. The van der Waals surface area contributed by atoms with Crippen molar-refractivity contribution in [2.24, 2.45) is 5.92 Å². The van der Waals surface area contributed by atoms with Crippen molar-refractivity contribution in [2.75, 3.05) is 25.6 Å². The van der Waals surface area contributed by atoms with Crippen molar-refractivity contribution in [1.29, 1.82) is 0 Å². The SMILES string of the molecule is Nc1ncnc2c1nc(Sc1cc3c(cc1Br)OCO3)n2CC[C@@H]1CCCNC1. The summed E-state index contributed by atoms with van der Waals surface area (Å²) >= 11 is 5.20. The Balaban J connectivity index is 1.48. The minimum Gasteiger partial charge on any atom is -0.454 e. The third-order valence-corrected chi connectivity index (χ3v) is 7.28. The van der Waals surface area contributed by atoms with Gasteiger partial charge in [0, 0.05) is 15.9 Å². The number of hydrogen-bond acceptors (Lipinski definition) is 8. The van der Waals surface area contributed by atoms with Crippen LogP contribution in [0.25, 0.3) is 11.2 Å². The van der Waals surface area contributed by atoms with E-state index in [9.17, 15) is 0 Å². The first kappa shape index (κ1) is 19.0. The zero-order valence-corrected chi connectivity index (χ0v) is 18.1. The molecule has 0 radical (unpaired) electrons. The summed E-state index contributed by atoms with van der Waals surface area (Å²) in [5, 5.41) is 4.33. The van der Waals surface area contributed by atoms with Crippen molar-refractivity contribution in [3.8, 4) is 11.5 Å². The van der Waals surface area contributed by atoms with Crippen LogP contribution in [0, 0.1) is 5.92 Å². The van der Waals surface area contributed by atoms with E-state index < -0.39 is 0 Å². The first-order valence-electron chi connectivity index (χ1n) is 9.63. The summed E-state index contributed by atoms with van der Waals surface area (Å²) in [5.41, 5.74) is 7.51. The number of halogens is 1. The van der Waals surface area contributed by atoms with Crippen LogP contribution in [0.2, 0.25) is 0 Å². The third-order valence-electron chi connectivity index (χ3n) is 5.31. The molecule has 2 aliphatic rings. The lowest BCUT2D eigenvalue weighted by Gasteiger charge is -2.23. The number of aromatic nitrogens is 4. The van der Waals surface area contributed by atoms with Gasteiger partial charge in [0.25, 0.3) is 0 Å². The van der Waals surface area contributed by atoms with Crippen molar-refractivity contribution >= 4 is 44.7 Å². The molecule has 0 saturated carbocycles. The van der Waals surface area contributed by atoms with E-state index in [1.807, 2.05) is 12.1 Å². The van der Waals surface area contributed by atoms with Gasteiger partial charge in [0.05, 0.1) is 0 Å². The van der Waals surface area contributed by atoms with Crippen LogP contribution in [-0.4, -0.2) is 39.4 Å². The van der Waals surface area contributed by atoms with Gasteiger partial charge in [-0.25, -0.2) is 15.0 Å². The maximum atomic E-state index is 6.08. The molecule has 5 rings (SSSR count). The number of piperidine rings is 1. The second-order valence-electron chi connectivity index (χ2n) is 7.22. The molecule has 10 heteroatoms. The molecule has 152 valence electrons. The van der Waals surface area contributed by atoms with Gasteiger partial charge in [0.2, 0.25) is 6.79 Å². The lowest BCUT2D eigenvalue weighted by Crippen LogP contribution is -2.30. The van der Waals surface area contributed by atoms with Crippen LogP contribution in [0.3, 0.4) is 0 Å². The zero-order chi connectivity index (χ0) is 19.8. The van der Waals surface area contributed by atoms with Crippen LogP contribution in [0.15, 0.2) is 33.0 Å². The van der Waals surface area contributed by atoms with E-state index in [2.05, 4.69) is 35.8 Å². The van der Waals surface area contributed by atoms with E-state index in [1.165, 1.54) is 19.2 Å². The number of aryl methyl sites for hydroxylation is 1. The molecule has 0 bridgehead atoms. The highest BCUT2D eigenvalue weighted by Crippen LogP contribution is 2.43. The molecule has 0 amide bonds. The molecule has 1 saturated heterocycles. The number of imidazole rings is 1. The number of fused-ring (bicyclic) bond motifs is 2.